The maximum atomic E-state index is 4.65. The molecule has 3 nitrogen and oxygen atoms in total. The summed E-state index contributed by atoms with van der Waals surface area (Å²) in [5.41, 5.74) is 9.37. The first-order chi connectivity index (χ1) is 16.1. The highest BCUT2D eigenvalue weighted by atomic mass is 15.0. The van der Waals surface area contributed by atoms with Crippen molar-refractivity contribution in [1.82, 2.24) is 14.5 Å². The lowest BCUT2D eigenvalue weighted by Gasteiger charge is -2.28. The summed E-state index contributed by atoms with van der Waals surface area (Å²) >= 11 is 0. The molecule has 6 rings (SSSR count). The Labute approximate surface area is 206 Å². The van der Waals surface area contributed by atoms with Gasteiger partial charge in [-0.05, 0) is 118 Å². The Morgan fingerprint density at radius 3 is 2.26 bits per heavy atom. The highest BCUT2D eigenvalue weighted by molar-refractivity contribution is 5.86. The van der Waals surface area contributed by atoms with E-state index in [9.17, 15) is 0 Å². The molecule has 0 amide bonds. The summed E-state index contributed by atoms with van der Waals surface area (Å²) in [4.78, 5) is 9.23. The first-order valence-corrected chi connectivity index (χ1v) is 13.6. The average molecular weight is 458 g/mol. The molecule has 3 aromatic rings. The van der Waals surface area contributed by atoms with Crippen molar-refractivity contribution in [3.05, 3.63) is 58.8 Å². The first-order valence-electron chi connectivity index (χ1n) is 13.6. The zero-order valence-corrected chi connectivity index (χ0v) is 22.2. The molecular formula is C31H43N3. The highest BCUT2D eigenvalue weighted by Crippen LogP contribution is 2.53. The van der Waals surface area contributed by atoms with Gasteiger partial charge in [-0.25, -0.2) is 0 Å². The first kappa shape index (κ1) is 23.6. The van der Waals surface area contributed by atoms with Crippen LogP contribution in [-0.4, -0.2) is 14.5 Å². The van der Waals surface area contributed by atoms with Gasteiger partial charge in [0.15, 0.2) is 0 Å². The Hall–Kier alpha value is -2.16. The van der Waals surface area contributed by atoms with Crippen LogP contribution in [0.25, 0.3) is 10.9 Å². The molecule has 0 saturated carbocycles. The van der Waals surface area contributed by atoms with Crippen molar-refractivity contribution in [3.8, 4) is 0 Å². The lowest BCUT2D eigenvalue weighted by molar-refractivity contribution is 0.305. The molecule has 3 heteroatoms. The van der Waals surface area contributed by atoms with E-state index in [-0.39, 0.29) is 5.54 Å². The van der Waals surface area contributed by atoms with Crippen LogP contribution >= 0.6 is 0 Å². The minimum absolute atomic E-state index is 0.147. The second-order valence-corrected chi connectivity index (χ2v) is 12.9. The predicted octanol–water partition coefficient (Wildman–Crippen LogP) is 8.10. The van der Waals surface area contributed by atoms with Crippen LogP contribution in [0, 0.1) is 5.41 Å². The zero-order valence-electron chi connectivity index (χ0n) is 22.2. The van der Waals surface area contributed by atoms with Gasteiger partial charge in [0.2, 0.25) is 0 Å². The van der Waals surface area contributed by atoms with Crippen molar-refractivity contribution in [3.63, 3.8) is 0 Å². The molecule has 0 fully saturated rings. The van der Waals surface area contributed by atoms with Crippen molar-refractivity contribution in [2.75, 3.05) is 0 Å². The summed E-state index contributed by atoms with van der Waals surface area (Å²) in [7, 11) is 0. The van der Waals surface area contributed by atoms with Gasteiger partial charge in [0.05, 0.1) is 5.52 Å². The monoisotopic (exact) mass is 457 g/mol. The van der Waals surface area contributed by atoms with Gasteiger partial charge in [0, 0.05) is 40.9 Å². The molecule has 2 unspecified atom stereocenters. The van der Waals surface area contributed by atoms with E-state index in [1.54, 1.807) is 11.1 Å². The molecular weight excluding hydrogens is 414 g/mol. The molecule has 182 valence electrons. The summed E-state index contributed by atoms with van der Waals surface area (Å²) in [5, 5.41) is 1.43. The third-order valence-corrected chi connectivity index (χ3v) is 8.38. The standard InChI is InChI=1S/C16H23N.C15H20N2/c1-16(2,3)13-10-11-6-4-5-7-14-15(11)12(13)8-9-17-14;1-15(2,3)17-10-11-6-4-5-7-12-14(11)13(17)8-9-16-12/h8-9,11,13H,4-7,10H2,1-3H3;8-10H,4-7H2,1-3H3. The fourth-order valence-electron chi connectivity index (χ4n) is 6.68. The maximum absolute atomic E-state index is 4.65. The molecule has 0 aliphatic heterocycles. The number of rotatable bonds is 0. The lowest BCUT2D eigenvalue weighted by atomic mass is 9.77. The van der Waals surface area contributed by atoms with Gasteiger partial charge in [-0.1, -0.05) is 27.2 Å². The smallest absolute Gasteiger partial charge is 0.0522 e. The number of hydrogen-bond donors (Lipinski definition) is 0. The van der Waals surface area contributed by atoms with Gasteiger partial charge < -0.3 is 4.57 Å². The molecule has 0 bridgehead atoms. The normalized spacial score (nSPS) is 21.9. The summed E-state index contributed by atoms with van der Waals surface area (Å²) in [6.07, 6.45) is 17.9. The number of nitrogens with zero attached hydrogens (tertiary/aromatic N) is 3. The van der Waals surface area contributed by atoms with Gasteiger partial charge in [0.25, 0.3) is 0 Å². The summed E-state index contributed by atoms with van der Waals surface area (Å²) in [5.74, 6) is 1.54. The highest BCUT2D eigenvalue weighted by Gasteiger charge is 2.39. The van der Waals surface area contributed by atoms with Gasteiger partial charge in [-0.3, -0.25) is 9.97 Å². The van der Waals surface area contributed by atoms with Gasteiger partial charge >= 0.3 is 0 Å². The van der Waals surface area contributed by atoms with Gasteiger partial charge in [-0.15, -0.1) is 0 Å². The van der Waals surface area contributed by atoms with Gasteiger partial charge in [-0.2, -0.15) is 0 Å². The molecule has 34 heavy (non-hydrogen) atoms. The number of aromatic nitrogens is 3. The topological polar surface area (TPSA) is 30.7 Å². The van der Waals surface area contributed by atoms with Crippen LogP contribution in [0.4, 0.5) is 0 Å². The van der Waals surface area contributed by atoms with Gasteiger partial charge in [0.1, 0.15) is 0 Å². The Kier molecular flexibility index (Phi) is 6.11. The minimum Gasteiger partial charge on any atom is -0.342 e. The molecule has 3 aromatic heterocycles. The molecule has 3 heterocycles. The fraction of sp³-hybridized carbons (Fsp3) is 0.613. The van der Waals surface area contributed by atoms with Crippen LogP contribution in [-0.2, 0) is 24.8 Å². The number of pyridine rings is 2. The van der Waals surface area contributed by atoms with E-state index in [1.807, 2.05) is 12.4 Å². The minimum atomic E-state index is 0.147. The molecule has 0 saturated heterocycles. The average Bonchev–Trinajstić information content (AvgIpc) is 3.18. The summed E-state index contributed by atoms with van der Waals surface area (Å²) < 4.78 is 2.41. The van der Waals surface area contributed by atoms with Crippen molar-refractivity contribution >= 4 is 10.9 Å². The molecule has 3 aliphatic carbocycles. The van der Waals surface area contributed by atoms with Crippen LogP contribution in [0.1, 0.15) is 120 Å². The second-order valence-electron chi connectivity index (χ2n) is 12.9. The van der Waals surface area contributed by atoms with Crippen LogP contribution in [0.15, 0.2) is 30.7 Å². The van der Waals surface area contributed by atoms with E-state index >= 15 is 0 Å². The summed E-state index contributed by atoms with van der Waals surface area (Å²) in [6, 6.07) is 4.46. The molecule has 0 N–H and O–H groups in total. The SMILES string of the molecule is CC(C)(C)C1CC2CCCCc3nccc1c32.CC(C)(C)n1cc2c3c(nccc31)CCCC2. The zero-order chi connectivity index (χ0) is 24.1. The Morgan fingerprint density at radius 2 is 1.50 bits per heavy atom. The van der Waals surface area contributed by atoms with E-state index < -0.39 is 0 Å². The molecule has 2 atom stereocenters. The van der Waals surface area contributed by atoms with E-state index in [0.717, 1.165) is 18.3 Å². The number of aryl methyl sites for hydroxylation is 3. The second kappa shape index (κ2) is 8.81. The predicted molar refractivity (Wildman–Crippen MR) is 143 cm³/mol. The van der Waals surface area contributed by atoms with Crippen molar-refractivity contribution in [2.45, 2.75) is 117 Å². The van der Waals surface area contributed by atoms with E-state index in [4.69, 9.17) is 0 Å². The van der Waals surface area contributed by atoms with Crippen molar-refractivity contribution < 1.29 is 0 Å². The Bertz CT molecular complexity index is 1170. The maximum Gasteiger partial charge on any atom is 0.0522 e. The quantitative estimate of drug-likeness (QED) is 0.341. The Balaban J connectivity index is 0.000000142. The fourth-order valence-corrected chi connectivity index (χ4v) is 6.68. The number of hydrogen-bond acceptors (Lipinski definition) is 2. The van der Waals surface area contributed by atoms with Crippen molar-refractivity contribution in [2.24, 2.45) is 5.41 Å². The van der Waals surface area contributed by atoms with E-state index in [0.29, 0.717) is 5.41 Å². The molecule has 0 spiro atoms. The third-order valence-electron chi connectivity index (χ3n) is 8.38. The van der Waals surface area contributed by atoms with E-state index in [1.165, 1.54) is 79.2 Å². The molecule has 0 aromatic carbocycles. The third kappa shape index (κ3) is 4.32. The van der Waals surface area contributed by atoms with E-state index in [2.05, 4.69) is 74.4 Å². The van der Waals surface area contributed by atoms with Crippen LogP contribution < -0.4 is 0 Å². The largest absolute Gasteiger partial charge is 0.342 e. The van der Waals surface area contributed by atoms with Crippen LogP contribution in [0.3, 0.4) is 0 Å². The Morgan fingerprint density at radius 1 is 0.824 bits per heavy atom. The van der Waals surface area contributed by atoms with Crippen molar-refractivity contribution in [1.29, 1.82) is 0 Å². The summed E-state index contributed by atoms with van der Waals surface area (Å²) in [6.45, 7) is 14.0. The van der Waals surface area contributed by atoms with Crippen LogP contribution in [0.2, 0.25) is 0 Å². The lowest BCUT2D eigenvalue weighted by Crippen LogP contribution is -2.20. The van der Waals surface area contributed by atoms with Crippen LogP contribution in [0.5, 0.6) is 0 Å². The molecule has 3 aliphatic rings. The molecule has 0 radical (unpaired) electrons.